The molecule has 0 saturated carbocycles. The molecule has 1 aromatic carbocycles. The standard InChI is InChI=1S/C17H28N2.ClH/c1-3-13-19(17-9-11-18-12-10-17)14-15(2)16-7-5-4-6-8-16;/h4-8,15,17-18H,3,9-14H2,1-2H3;1H. The first-order valence-electron chi connectivity index (χ1n) is 7.81. The molecule has 2 rings (SSSR count). The first-order valence-corrected chi connectivity index (χ1v) is 7.81. The van der Waals surface area contributed by atoms with Crippen molar-refractivity contribution in [1.29, 1.82) is 0 Å². The van der Waals surface area contributed by atoms with E-state index in [1.54, 1.807) is 0 Å². The summed E-state index contributed by atoms with van der Waals surface area (Å²) in [5.74, 6) is 0.627. The molecular formula is C17H29ClN2. The number of nitrogens with one attached hydrogen (secondary N) is 1. The number of rotatable bonds is 6. The van der Waals surface area contributed by atoms with Crippen molar-refractivity contribution in [3.8, 4) is 0 Å². The zero-order valence-corrected chi connectivity index (χ0v) is 13.7. The average molecular weight is 297 g/mol. The summed E-state index contributed by atoms with van der Waals surface area (Å²) in [6, 6.07) is 11.7. The Morgan fingerprint density at radius 3 is 2.45 bits per heavy atom. The third-order valence-corrected chi connectivity index (χ3v) is 4.21. The van der Waals surface area contributed by atoms with Crippen molar-refractivity contribution < 1.29 is 0 Å². The van der Waals surface area contributed by atoms with Crippen LogP contribution in [0.5, 0.6) is 0 Å². The Bertz CT molecular complexity index is 349. The molecule has 1 fully saturated rings. The monoisotopic (exact) mass is 296 g/mol. The largest absolute Gasteiger partial charge is 0.317 e. The third kappa shape index (κ3) is 5.08. The Morgan fingerprint density at radius 2 is 1.85 bits per heavy atom. The summed E-state index contributed by atoms with van der Waals surface area (Å²) in [4.78, 5) is 2.72. The molecule has 1 N–H and O–H groups in total. The number of benzene rings is 1. The minimum atomic E-state index is 0. The lowest BCUT2D eigenvalue weighted by molar-refractivity contribution is 0.155. The second kappa shape index (κ2) is 9.38. The van der Waals surface area contributed by atoms with Gasteiger partial charge >= 0.3 is 0 Å². The van der Waals surface area contributed by atoms with Crippen LogP contribution in [0.4, 0.5) is 0 Å². The summed E-state index contributed by atoms with van der Waals surface area (Å²) >= 11 is 0. The molecule has 0 radical (unpaired) electrons. The normalized spacial score (nSPS) is 17.8. The van der Waals surface area contributed by atoms with Gasteiger partial charge < -0.3 is 5.32 Å². The highest BCUT2D eigenvalue weighted by Gasteiger charge is 2.22. The summed E-state index contributed by atoms with van der Waals surface area (Å²) < 4.78 is 0. The van der Waals surface area contributed by atoms with Crippen LogP contribution >= 0.6 is 12.4 Å². The summed E-state index contributed by atoms with van der Waals surface area (Å²) in [7, 11) is 0. The highest BCUT2D eigenvalue weighted by atomic mass is 35.5. The smallest absolute Gasteiger partial charge is 0.0120 e. The molecule has 0 aliphatic carbocycles. The van der Waals surface area contributed by atoms with E-state index in [0.29, 0.717) is 5.92 Å². The molecule has 114 valence electrons. The topological polar surface area (TPSA) is 15.3 Å². The van der Waals surface area contributed by atoms with Crippen molar-refractivity contribution >= 4 is 12.4 Å². The predicted molar refractivity (Wildman–Crippen MR) is 89.9 cm³/mol. The van der Waals surface area contributed by atoms with E-state index in [2.05, 4.69) is 54.4 Å². The zero-order valence-electron chi connectivity index (χ0n) is 12.8. The maximum Gasteiger partial charge on any atom is 0.0120 e. The molecule has 1 heterocycles. The molecule has 0 spiro atoms. The van der Waals surface area contributed by atoms with Gasteiger partial charge in [-0.2, -0.15) is 0 Å². The van der Waals surface area contributed by atoms with E-state index in [1.165, 1.54) is 51.0 Å². The lowest BCUT2D eigenvalue weighted by Gasteiger charge is -2.36. The molecule has 2 nitrogen and oxygen atoms in total. The second-order valence-corrected chi connectivity index (χ2v) is 5.79. The summed E-state index contributed by atoms with van der Waals surface area (Å²) in [6.07, 6.45) is 3.87. The first kappa shape index (κ1) is 17.5. The quantitative estimate of drug-likeness (QED) is 0.861. The fourth-order valence-corrected chi connectivity index (χ4v) is 3.12. The Kier molecular flexibility index (Phi) is 8.20. The van der Waals surface area contributed by atoms with E-state index in [0.717, 1.165) is 6.04 Å². The van der Waals surface area contributed by atoms with Crippen LogP contribution in [0.25, 0.3) is 0 Å². The van der Waals surface area contributed by atoms with Crippen LogP contribution < -0.4 is 5.32 Å². The molecule has 3 heteroatoms. The number of hydrogen-bond acceptors (Lipinski definition) is 2. The van der Waals surface area contributed by atoms with E-state index in [-0.39, 0.29) is 12.4 Å². The lowest BCUT2D eigenvalue weighted by Crippen LogP contribution is -2.44. The fourth-order valence-electron chi connectivity index (χ4n) is 3.12. The van der Waals surface area contributed by atoms with Gasteiger partial charge in [0, 0.05) is 12.6 Å². The lowest BCUT2D eigenvalue weighted by atomic mass is 9.97. The number of nitrogens with zero attached hydrogens (tertiary/aromatic N) is 1. The molecule has 1 atom stereocenters. The number of hydrogen-bond donors (Lipinski definition) is 1. The van der Waals surface area contributed by atoms with Gasteiger partial charge in [0.05, 0.1) is 0 Å². The van der Waals surface area contributed by atoms with Gasteiger partial charge in [0.1, 0.15) is 0 Å². The summed E-state index contributed by atoms with van der Waals surface area (Å²) in [6.45, 7) is 9.46. The van der Waals surface area contributed by atoms with Crippen LogP contribution in [0, 0.1) is 0 Å². The van der Waals surface area contributed by atoms with E-state index in [1.807, 2.05) is 0 Å². The molecule has 1 aliphatic heterocycles. The molecular weight excluding hydrogens is 268 g/mol. The molecule has 0 bridgehead atoms. The SMILES string of the molecule is CCCN(CC(C)c1ccccc1)C1CCNCC1.Cl. The fraction of sp³-hybridized carbons (Fsp3) is 0.647. The predicted octanol–water partition coefficient (Wildman–Crippen LogP) is 3.68. The Balaban J connectivity index is 0.00000200. The van der Waals surface area contributed by atoms with E-state index in [9.17, 15) is 0 Å². The van der Waals surface area contributed by atoms with Gasteiger partial charge in [0.15, 0.2) is 0 Å². The van der Waals surface area contributed by atoms with Crippen LogP contribution in [-0.4, -0.2) is 37.1 Å². The summed E-state index contributed by atoms with van der Waals surface area (Å²) in [5.41, 5.74) is 1.47. The van der Waals surface area contributed by atoms with Gasteiger partial charge in [-0.1, -0.05) is 44.2 Å². The highest BCUT2D eigenvalue weighted by molar-refractivity contribution is 5.85. The average Bonchev–Trinajstić information content (AvgIpc) is 2.48. The van der Waals surface area contributed by atoms with Crippen LogP contribution in [0.2, 0.25) is 0 Å². The van der Waals surface area contributed by atoms with Gasteiger partial charge in [-0.05, 0) is 50.4 Å². The second-order valence-electron chi connectivity index (χ2n) is 5.79. The maximum absolute atomic E-state index is 3.47. The first-order chi connectivity index (χ1) is 9.31. The Labute approximate surface area is 130 Å². The minimum absolute atomic E-state index is 0. The number of halogens is 1. The summed E-state index contributed by atoms with van der Waals surface area (Å²) in [5, 5.41) is 3.47. The van der Waals surface area contributed by atoms with Gasteiger partial charge in [-0.15, -0.1) is 12.4 Å². The molecule has 0 amide bonds. The van der Waals surface area contributed by atoms with Crippen molar-refractivity contribution in [3.05, 3.63) is 35.9 Å². The Morgan fingerprint density at radius 1 is 1.20 bits per heavy atom. The zero-order chi connectivity index (χ0) is 13.5. The van der Waals surface area contributed by atoms with E-state index in [4.69, 9.17) is 0 Å². The molecule has 1 aliphatic rings. The molecule has 1 aromatic rings. The maximum atomic E-state index is 3.47. The molecule has 0 aromatic heterocycles. The van der Waals surface area contributed by atoms with E-state index < -0.39 is 0 Å². The van der Waals surface area contributed by atoms with Crippen molar-refractivity contribution in [2.24, 2.45) is 0 Å². The van der Waals surface area contributed by atoms with E-state index >= 15 is 0 Å². The third-order valence-electron chi connectivity index (χ3n) is 4.21. The van der Waals surface area contributed by atoms with Crippen LogP contribution in [-0.2, 0) is 0 Å². The highest BCUT2D eigenvalue weighted by Crippen LogP contribution is 2.20. The van der Waals surface area contributed by atoms with Crippen molar-refractivity contribution in [1.82, 2.24) is 10.2 Å². The molecule has 20 heavy (non-hydrogen) atoms. The van der Waals surface area contributed by atoms with Crippen LogP contribution in [0.1, 0.15) is 44.6 Å². The van der Waals surface area contributed by atoms with Gasteiger partial charge in [0.25, 0.3) is 0 Å². The van der Waals surface area contributed by atoms with Gasteiger partial charge in [0.2, 0.25) is 0 Å². The molecule has 1 saturated heterocycles. The van der Waals surface area contributed by atoms with Crippen LogP contribution in [0.3, 0.4) is 0 Å². The van der Waals surface area contributed by atoms with Crippen molar-refractivity contribution in [2.45, 2.75) is 45.1 Å². The van der Waals surface area contributed by atoms with Gasteiger partial charge in [-0.3, -0.25) is 4.90 Å². The van der Waals surface area contributed by atoms with Crippen molar-refractivity contribution in [3.63, 3.8) is 0 Å². The van der Waals surface area contributed by atoms with Gasteiger partial charge in [-0.25, -0.2) is 0 Å². The Hall–Kier alpha value is -0.570. The minimum Gasteiger partial charge on any atom is -0.317 e. The van der Waals surface area contributed by atoms with Crippen LogP contribution in [0.15, 0.2) is 30.3 Å². The molecule has 1 unspecified atom stereocenters. The van der Waals surface area contributed by atoms with Crippen molar-refractivity contribution in [2.75, 3.05) is 26.2 Å². The number of piperidine rings is 1.